The van der Waals surface area contributed by atoms with Crippen LogP contribution in [0.4, 0.5) is 0 Å². The zero-order chi connectivity index (χ0) is 17.1. The molecule has 8 nitrogen and oxygen atoms in total. The van der Waals surface area contributed by atoms with Gasteiger partial charge in [0.1, 0.15) is 0 Å². The van der Waals surface area contributed by atoms with Crippen LogP contribution < -0.4 is 5.32 Å². The average Bonchev–Trinajstić information content (AvgIpc) is 3.23. The predicted molar refractivity (Wildman–Crippen MR) is 87.2 cm³/mol. The van der Waals surface area contributed by atoms with Crippen molar-refractivity contribution in [1.29, 1.82) is 0 Å². The van der Waals surface area contributed by atoms with E-state index in [1.165, 1.54) is 6.08 Å². The lowest BCUT2D eigenvalue weighted by Gasteiger charge is -2.33. The van der Waals surface area contributed by atoms with E-state index in [1.54, 1.807) is 15.8 Å². The van der Waals surface area contributed by atoms with Crippen LogP contribution in [0.25, 0.3) is 0 Å². The highest BCUT2D eigenvalue weighted by molar-refractivity contribution is 6.03. The fourth-order valence-corrected chi connectivity index (χ4v) is 3.01. The third-order valence-corrected chi connectivity index (χ3v) is 4.25. The van der Waals surface area contributed by atoms with Crippen molar-refractivity contribution in [3.8, 4) is 0 Å². The number of rotatable bonds is 4. The standard InChI is InChI=1S/C16H21N5O3/c1-3-15(22)18-12-5-4-6-21(10-12)16(23)14-7-13(19-24-14)11-8-17-20(2)9-11/h3,8-9,12,14H,1,4-7,10H2,2H3,(H,18,22)/t12-,14?/m1/s1. The summed E-state index contributed by atoms with van der Waals surface area (Å²) < 4.78 is 1.69. The number of piperidine rings is 1. The third kappa shape index (κ3) is 3.47. The Bertz CT molecular complexity index is 681. The number of nitrogens with zero attached hydrogens (tertiary/aromatic N) is 4. The molecule has 0 saturated carbocycles. The number of carbonyl (C=O) groups excluding carboxylic acids is 2. The fraction of sp³-hybridized carbons (Fsp3) is 0.500. The predicted octanol–water partition coefficient (Wildman–Crippen LogP) is 0.206. The fourth-order valence-electron chi connectivity index (χ4n) is 3.01. The van der Waals surface area contributed by atoms with E-state index >= 15 is 0 Å². The molecule has 1 saturated heterocycles. The van der Waals surface area contributed by atoms with Gasteiger partial charge in [-0.15, -0.1) is 0 Å². The number of carbonyl (C=O) groups is 2. The summed E-state index contributed by atoms with van der Waals surface area (Å²) in [5, 5.41) is 11.0. The monoisotopic (exact) mass is 331 g/mol. The van der Waals surface area contributed by atoms with Crippen molar-refractivity contribution >= 4 is 17.5 Å². The van der Waals surface area contributed by atoms with E-state index in [0.29, 0.717) is 19.5 Å². The topological polar surface area (TPSA) is 88.8 Å². The van der Waals surface area contributed by atoms with E-state index in [4.69, 9.17) is 4.84 Å². The first kappa shape index (κ1) is 16.2. The molecule has 0 spiro atoms. The molecule has 0 aliphatic carbocycles. The van der Waals surface area contributed by atoms with Crippen molar-refractivity contribution in [1.82, 2.24) is 20.0 Å². The Morgan fingerprint density at radius 3 is 3.04 bits per heavy atom. The number of hydrogen-bond acceptors (Lipinski definition) is 5. The average molecular weight is 331 g/mol. The van der Waals surface area contributed by atoms with Gasteiger partial charge in [-0.3, -0.25) is 14.3 Å². The van der Waals surface area contributed by atoms with Gasteiger partial charge < -0.3 is 15.1 Å². The highest BCUT2D eigenvalue weighted by Gasteiger charge is 2.35. The van der Waals surface area contributed by atoms with E-state index < -0.39 is 6.10 Å². The molecule has 0 aromatic carbocycles. The molecule has 1 fully saturated rings. The Morgan fingerprint density at radius 1 is 1.50 bits per heavy atom. The molecular weight excluding hydrogens is 310 g/mol. The molecule has 1 N–H and O–H groups in total. The molecule has 2 aliphatic heterocycles. The SMILES string of the molecule is C=CC(=O)N[C@@H]1CCCN(C(=O)C2CC(c3cnn(C)c3)=NO2)C1. The number of nitrogens with one attached hydrogen (secondary N) is 1. The van der Waals surface area contributed by atoms with Crippen molar-refractivity contribution in [2.24, 2.45) is 12.2 Å². The first-order chi connectivity index (χ1) is 11.6. The summed E-state index contributed by atoms with van der Waals surface area (Å²) in [6.45, 7) is 4.60. The zero-order valence-corrected chi connectivity index (χ0v) is 13.6. The second kappa shape index (κ2) is 6.86. The summed E-state index contributed by atoms with van der Waals surface area (Å²) in [6.07, 6.45) is 6.32. The second-order valence-corrected chi connectivity index (χ2v) is 6.07. The second-order valence-electron chi connectivity index (χ2n) is 6.07. The van der Waals surface area contributed by atoms with Crippen molar-refractivity contribution in [2.45, 2.75) is 31.4 Å². The summed E-state index contributed by atoms with van der Waals surface area (Å²) in [6, 6.07) is -0.0479. The Labute approximate surface area is 140 Å². The summed E-state index contributed by atoms with van der Waals surface area (Å²) in [7, 11) is 1.83. The molecule has 2 amide bonds. The highest BCUT2D eigenvalue weighted by Crippen LogP contribution is 2.20. The van der Waals surface area contributed by atoms with Crippen LogP contribution in [0.1, 0.15) is 24.8 Å². The summed E-state index contributed by atoms with van der Waals surface area (Å²) in [5.74, 6) is -0.302. The number of hydrogen-bond donors (Lipinski definition) is 1. The number of likely N-dealkylation sites (tertiary alicyclic amines) is 1. The maximum absolute atomic E-state index is 12.7. The van der Waals surface area contributed by atoms with Gasteiger partial charge in [-0.1, -0.05) is 11.7 Å². The van der Waals surface area contributed by atoms with Gasteiger partial charge >= 0.3 is 0 Å². The van der Waals surface area contributed by atoms with E-state index in [2.05, 4.69) is 22.2 Å². The van der Waals surface area contributed by atoms with Crippen molar-refractivity contribution in [2.75, 3.05) is 13.1 Å². The number of oxime groups is 1. The van der Waals surface area contributed by atoms with Crippen LogP contribution in [0.3, 0.4) is 0 Å². The third-order valence-electron chi connectivity index (χ3n) is 4.25. The molecular formula is C16H21N5O3. The Hall–Kier alpha value is -2.64. The molecule has 1 aromatic heterocycles. The van der Waals surface area contributed by atoms with Gasteiger partial charge in [0.2, 0.25) is 12.0 Å². The van der Waals surface area contributed by atoms with Gasteiger partial charge in [0.25, 0.3) is 5.91 Å². The normalized spacial score (nSPS) is 23.4. The summed E-state index contributed by atoms with van der Waals surface area (Å²) in [4.78, 5) is 31.2. The quantitative estimate of drug-likeness (QED) is 0.799. The Kier molecular flexibility index (Phi) is 4.64. The van der Waals surface area contributed by atoms with Crippen molar-refractivity contribution in [3.05, 3.63) is 30.6 Å². The zero-order valence-electron chi connectivity index (χ0n) is 13.6. The van der Waals surface area contributed by atoms with Gasteiger partial charge in [-0.2, -0.15) is 5.10 Å². The molecule has 3 rings (SSSR count). The van der Waals surface area contributed by atoms with Gasteiger partial charge in [0.05, 0.1) is 11.9 Å². The van der Waals surface area contributed by atoms with Gasteiger partial charge in [-0.25, -0.2) is 0 Å². The summed E-state index contributed by atoms with van der Waals surface area (Å²) >= 11 is 0. The molecule has 2 atom stereocenters. The molecule has 0 radical (unpaired) electrons. The molecule has 2 aliphatic rings. The van der Waals surface area contributed by atoms with Crippen LogP contribution in [0.5, 0.6) is 0 Å². The first-order valence-corrected chi connectivity index (χ1v) is 8.00. The molecule has 1 unspecified atom stereocenters. The van der Waals surface area contributed by atoms with Crippen molar-refractivity contribution < 1.29 is 14.4 Å². The van der Waals surface area contributed by atoms with Gasteiger partial charge in [0, 0.05) is 44.4 Å². The largest absolute Gasteiger partial charge is 0.382 e. The minimum Gasteiger partial charge on any atom is -0.382 e. The van der Waals surface area contributed by atoms with Crippen LogP contribution in [0, 0.1) is 0 Å². The van der Waals surface area contributed by atoms with E-state index in [1.807, 2.05) is 13.2 Å². The maximum atomic E-state index is 12.7. The van der Waals surface area contributed by atoms with Gasteiger partial charge in [-0.05, 0) is 18.9 Å². The molecule has 8 heteroatoms. The maximum Gasteiger partial charge on any atom is 0.266 e. The van der Waals surface area contributed by atoms with Crippen LogP contribution >= 0.6 is 0 Å². The van der Waals surface area contributed by atoms with Crippen LogP contribution in [0.15, 0.2) is 30.2 Å². The molecule has 1 aromatic rings. The molecule has 24 heavy (non-hydrogen) atoms. The van der Waals surface area contributed by atoms with Crippen LogP contribution in [-0.2, 0) is 21.5 Å². The number of aromatic nitrogens is 2. The van der Waals surface area contributed by atoms with E-state index in [0.717, 1.165) is 24.1 Å². The van der Waals surface area contributed by atoms with Crippen LogP contribution in [-0.4, -0.2) is 57.4 Å². The highest BCUT2D eigenvalue weighted by atomic mass is 16.6. The van der Waals surface area contributed by atoms with Gasteiger partial charge in [0.15, 0.2) is 0 Å². The lowest BCUT2D eigenvalue weighted by Crippen LogP contribution is -2.51. The smallest absolute Gasteiger partial charge is 0.266 e. The minimum atomic E-state index is -0.603. The lowest BCUT2D eigenvalue weighted by molar-refractivity contribution is -0.143. The van der Waals surface area contributed by atoms with E-state index in [9.17, 15) is 9.59 Å². The van der Waals surface area contributed by atoms with Crippen LogP contribution in [0.2, 0.25) is 0 Å². The van der Waals surface area contributed by atoms with E-state index in [-0.39, 0.29) is 17.9 Å². The molecule has 3 heterocycles. The Balaban J connectivity index is 1.57. The van der Waals surface area contributed by atoms with Crippen molar-refractivity contribution in [3.63, 3.8) is 0 Å². The number of aryl methyl sites for hydroxylation is 1. The minimum absolute atomic E-state index is 0.0479. The molecule has 128 valence electrons. The first-order valence-electron chi connectivity index (χ1n) is 8.00. The Morgan fingerprint density at radius 2 is 2.33 bits per heavy atom. The summed E-state index contributed by atoms with van der Waals surface area (Å²) in [5.41, 5.74) is 1.59. The lowest BCUT2D eigenvalue weighted by atomic mass is 10.0. The number of amides is 2. The molecule has 0 bridgehead atoms.